The van der Waals surface area contributed by atoms with E-state index in [1.165, 1.54) is 22.7 Å². The molecule has 0 atom stereocenters. The number of thiophene rings is 3. The molecule has 0 N–H and O–H groups in total. The van der Waals surface area contributed by atoms with E-state index < -0.39 is 17.1 Å². The number of hydrogen-bond acceptors (Lipinski definition) is 7. The van der Waals surface area contributed by atoms with Gasteiger partial charge in [0, 0.05) is 0 Å². The van der Waals surface area contributed by atoms with Gasteiger partial charge < -0.3 is 4.74 Å². The average molecular weight is 547 g/mol. The highest BCUT2D eigenvalue weighted by molar-refractivity contribution is 9.11. The Balaban J connectivity index is 2.19. The van der Waals surface area contributed by atoms with Crippen LogP contribution in [0, 0.1) is 0 Å². The lowest BCUT2D eigenvalue weighted by atomic mass is 10.3. The smallest absolute Gasteiger partial charge is 0.341 e. The topological polar surface area (TPSA) is 65.4 Å². The molecule has 0 aromatic carbocycles. The van der Waals surface area contributed by atoms with Gasteiger partial charge in [0.2, 0.25) is 0 Å². The first-order valence-electron chi connectivity index (χ1n) is 7.64. The summed E-state index contributed by atoms with van der Waals surface area (Å²) in [6, 6.07) is 4.99. The summed E-state index contributed by atoms with van der Waals surface area (Å²) >= 11 is 10.8. The van der Waals surface area contributed by atoms with Crippen molar-refractivity contribution in [3.8, 4) is 5.00 Å². The molecule has 4 heterocycles. The minimum atomic E-state index is -0.558. The van der Waals surface area contributed by atoms with Crippen molar-refractivity contribution in [1.29, 1.82) is 0 Å². The lowest BCUT2D eigenvalue weighted by Gasteiger charge is -2.04. The molecule has 4 aromatic heterocycles. The van der Waals surface area contributed by atoms with E-state index in [1.54, 1.807) is 30.5 Å². The number of carbonyl (C=O) groups is 1. The highest BCUT2D eigenvalue weighted by atomic mass is 79.9. The summed E-state index contributed by atoms with van der Waals surface area (Å²) in [6.07, 6.45) is 0. The first-order chi connectivity index (χ1) is 12.9. The summed E-state index contributed by atoms with van der Waals surface area (Å²) in [5.41, 5.74) is -0.703. The predicted molar refractivity (Wildman–Crippen MR) is 118 cm³/mol. The van der Waals surface area contributed by atoms with Gasteiger partial charge in [0.15, 0.2) is 0 Å². The van der Waals surface area contributed by atoms with Gasteiger partial charge in [0.25, 0.3) is 11.1 Å². The lowest BCUT2D eigenvalue weighted by Crippen LogP contribution is -2.29. The van der Waals surface area contributed by atoms with Crippen LogP contribution in [0.2, 0.25) is 0 Å². The molecule has 27 heavy (non-hydrogen) atoms. The Kier molecular flexibility index (Phi) is 5.10. The van der Waals surface area contributed by atoms with Gasteiger partial charge in [-0.1, -0.05) is 0 Å². The molecule has 0 amide bonds. The highest BCUT2D eigenvalue weighted by Crippen LogP contribution is 2.37. The van der Waals surface area contributed by atoms with Gasteiger partial charge in [-0.05, 0) is 62.4 Å². The second-order valence-corrected chi connectivity index (χ2v) is 11.1. The quantitative estimate of drug-likeness (QED) is 0.323. The Bertz CT molecular complexity index is 1260. The molecule has 0 radical (unpaired) electrons. The zero-order chi connectivity index (χ0) is 19.3. The first kappa shape index (κ1) is 19.0. The van der Waals surface area contributed by atoms with E-state index in [-0.39, 0.29) is 17.2 Å². The van der Waals surface area contributed by atoms with Crippen molar-refractivity contribution in [3.05, 3.63) is 57.4 Å². The van der Waals surface area contributed by atoms with Gasteiger partial charge in [0.1, 0.15) is 5.00 Å². The Morgan fingerprint density at radius 2 is 1.63 bits per heavy atom. The third kappa shape index (κ3) is 3.13. The van der Waals surface area contributed by atoms with Gasteiger partial charge in [-0.2, -0.15) is 0 Å². The molecule has 0 fully saturated rings. The molecule has 0 spiro atoms. The Morgan fingerprint density at radius 3 is 2.15 bits per heavy atom. The molecule has 4 aromatic rings. The molecule has 0 unspecified atom stereocenters. The van der Waals surface area contributed by atoms with Crippen LogP contribution in [0.25, 0.3) is 25.2 Å². The number of carbonyl (C=O) groups excluding carboxylic acids is 1. The van der Waals surface area contributed by atoms with E-state index in [9.17, 15) is 14.4 Å². The van der Waals surface area contributed by atoms with E-state index in [0.717, 1.165) is 32.9 Å². The maximum atomic E-state index is 13.3. The van der Waals surface area contributed by atoms with Crippen LogP contribution in [0.15, 0.2) is 40.7 Å². The fourth-order valence-electron chi connectivity index (χ4n) is 2.73. The predicted octanol–water partition coefficient (Wildman–Crippen LogP) is 5.39. The van der Waals surface area contributed by atoms with Gasteiger partial charge in [0.05, 0.1) is 39.9 Å². The number of halogens is 2. The van der Waals surface area contributed by atoms with E-state index in [1.807, 2.05) is 0 Å². The molecule has 0 saturated heterocycles. The molecule has 0 bridgehead atoms. The zero-order valence-corrected chi connectivity index (χ0v) is 19.2. The number of rotatable bonds is 3. The van der Waals surface area contributed by atoms with Gasteiger partial charge in [-0.15, -0.1) is 34.0 Å². The summed E-state index contributed by atoms with van der Waals surface area (Å²) in [7, 11) is 0. The van der Waals surface area contributed by atoms with Crippen LogP contribution in [-0.2, 0) is 4.74 Å². The van der Waals surface area contributed by atoms with Crippen molar-refractivity contribution in [2.75, 3.05) is 6.61 Å². The lowest BCUT2D eigenvalue weighted by molar-refractivity contribution is 0.0527. The SMILES string of the molecule is CCOC(=O)c1ccsc1-n1c(=O)c2cc(Br)sc2c2sc(Br)cc2c1=O. The van der Waals surface area contributed by atoms with Crippen LogP contribution in [0.5, 0.6) is 0 Å². The summed E-state index contributed by atoms with van der Waals surface area (Å²) < 4.78 is 9.22. The third-order valence-corrected chi connectivity index (χ3v) is 8.16. The van der Waals surface area contributed by atoms with Gasteiger partial charge in [-0.3, -0.25) is 9.59 Å². The number of hydrogen-bond donors (Lipinski definition) is 0. The van der Waals surface area contributed by atoms with Crippen LogP contribution in [0.3, 0.4) is 0 Å². The fraction of sp³-hybridized carbons (Fsp3) is 0.118. The van der Waals surface area contributed by atoms with E-state index >= 15 is 0 Å². The van der Waals surface area contributed by atoms with E-state index in [2.05, 4.69) is 31.9 Å². The number of ether oxygens (including phenoxy) is 1. The molecule has 10 heteroatoms. The van der Waals surface area contributed by atoms with E-state index in [4.69, 9.17) is 4.74 Å². The van der Waals surface area contributed by atoms with Crippen molar-refractivity contribution >= 4 is 92.0 Å². The molecule has 4 rings (SSSR count). The minimum Gasteiger partial charge on any atom is -0.462 e. The Morgan fingerprint density at radius 1 is 1.07 bits per heavy atom. The average Bonchev–Trinajstić information content (AvgIpc) is 3.31. The van der Waals surface area contributed by atoms with Crippen LogP contribution in [0.4, 0.5) is 0 Å². The minimum absolute atomic E-state index is 0.206. The summed E-state index contributed by atoms with van der Waals surface area (Å²) in [5.74, 6) is -0.558. The Labute approximate surface area is 181 Å². The van der Waals surface area contributed by atoms with Crippen LogP contribution in [0.1, 0.15) is 17.3 Å². The number of fused-ring (bicyclic) bond motifs is 3. The second-order valence-electron chi connectivity index (χ2n) is 5.39. The fourth-order valence-corrected chi connectivity index (χ4v) is 6.96. The summed E-state index contributed by atoms with van der Waals surface area (Å²) in [5, 5.41) is 2.79. The van der Waals surface area contributed by atoms with Crippen molar-refractivity contribution in [2.24, 2.45) is 0 Å². The molecule has 0 saturated carbocycles. The zero-order valence-electron chi connectivity index (χ0n) is 13.6. The maximum absolute atomic E-state index is 13.3. The molecule has 5 nitrogen and oxygen atoms in total. The number of nitrogens with zero attached hydrogens (tertiary/aromatic N) is 1. The van der Waals surface area contributed by atoms with Gasteiger partial charge in [-0.25, -0.2) is 9.36 Å². The summed E-state index contributed by atoms with van der Waals surface area (Å²) in [6.45, 7) is 1.91. The van der Waals surface area contributed by atoms with Crippen LogP contribution < -0.4 is 11.1 Å². The van der Waals surface area contributed by atoms with Crippen molar-refractivity contribution in [3.63, 3.8) is 0 Å². The molecular weight excluding hydrogens is 538 g/mol. The van der Waals surface area contributed by atoms with Crippen LogP contribution in [-0.4, -0.2) is 17.1 Å². The maximum Gasteiger partial charge on any atom is 0.341 e. The number of aromatic nitrogens is 1. The largest absolute Gasteiger partial charge is 0.462 e. The highest BCUT2D eigenvalue weighted by Gasteiger charge is 2.22. The van der Waals surface area contributed by atoms with Crippen molar-refractivity contribution in [2.45, 2.75) is 6.92 Å². The third-order valence-electron chi connectivity index (χ3n) is 3.82. The number of esters is 1. The van der Waals surface area contributed by atoms with Crippen molar-refractivity contribution in [1.82, 2.24) is 4.57 Å². The molecule has 138 valence electrons. The first-order valence-corrected chi connectivity index (χ1v) is 11.7. The molecule has 0 aliphatic rings. The molecule has 0 aliphatic heterocycles. The summed E-state index contributed by atoms with van der Waals surface area (Å²) in [4.78, 5) is 38.9. The van der Waals surface area contributed by atoms with E-state index in [0.29, 0.717) is 10.8 Å². The van der Waals surface area contributed by atoms with Crippen molar-refractivity contribution < 1.29 is 9.53 Å². The molecular formula is C17H9Br2NO4S3. The standard InChI is InChI=1S/C17H9Br2NO4S3/c1-2-24-17(23)7-3-4-25-16(7)20-14(21)8-5-10(18)26-12(8)13-9(15(20)22)6-11(19)27-13/h3-6H,2H2,1H3. The molecule has 0 aliphatic carbocycles. The normalized spacial score (nSPS) is 11.4. The van der Waals surface area contributed by atoms with Gasteiger partial charge >= 0.3 is 5.97 Å². The monoisotopic (exact) mass is 545 g/mol. The second kappa shape index (κ2) is 7.25. The Hall–Kier alpha value is -1.33. The van der Waals surface area contributed by atoms with Crippen LogP contribution >= 0.6 is 65.9 Å².